The molecular weight excluding hydrogens is 254 g/mol. The van der Waals surface area contributed by atoms with Gasteiger partial charge in [0.15, 0.2) is 5.78 Å². The molecule has 4 rings (SSSR count). The first-order valence-corrected chi connectivity index (χ1v) is 6.39. The summed E-state index contributed by atoms with van der Waals surface area (Å²) in [7, 11) is 0. The monoisotopic (exact) mass is 265 g/mol. The number of carbonyl (C=O) groups is 1. The van der Waals surface area contributed by atoms with E-state index in [4.69, 9.17) is 4.84 Å². The Labute approximate surface area is 115 Å². The van der Waals surface area contributed by atoms with Gasteiger partial charge in [0.1, 0.15) is 11.6 Å². The Morgan fingerprint density at radius 2 is 1.75 bits per heavy atom. The average molecular weight is 265 g/mol. The van der Waals surface area contributed by atoms with Gasteiger partial charge in [-0.1, -0.05) is 59.8 Å². The molecule has 1 N–H and O–H groups in total. The summed E-state index contributed by atoms with van der Waals surface area (Å²) in [4.78, 5) is 17.8. The van der Waals surface area contributed by atoms with Crippen LogP contribution in [0.15, 0.2) is 59.8 Å². The number of nitrogens with zero attached hydrogens (tertiary/aromatic N) is 1. The molecule has 0 fully saturated rings. The minimum absolute atomic E-state index is 0.150. The molecule has 2 aliphatic rings. The summed E-state index contributed by atoms with van der Waals surface area (Å²) in [6, 6.07) is 16.3. The van der Waals surface area contributed by atoms with Crippen molar-refractivity contribution in [2.75, 3.05) is 0 Å². The molecule has 2 aromatic rings. The third-order valence-electron chi connectivity index (χ3n) is 3.86. The zero-order valence-corrected chi connectivity index (χ0v) is 10.5. The number of rotatable bonds is 1. The highest BCUT2D eigenvalue weighted by Gasteiger charge is 2.59. The van der Waals surface area contributed by atoms with Gasteiger partial charge in [-0.05, 0) is 0 Å². The molecule has 1 heterocycles. The maximum atomic E-state index is 12.5. The summed E-state index contributed by atoms with van der Waals surface area (Å²) in [5.74, 6) is -2.61. The molecule has 2 atom stereocenters. The van der Waals surface area contributed by atoms with Crippen molar-refractivity contribution < 1.29 is 14.7 Å². The van der Waals surface area contributed by atoms with Gasteiger partial charge >= 0.3 is 0 Å². The van der Waals surface area contributed by atoms with Crippen LogP contribution in [0.25, 0.3) is 0 Å². The number of carbonyl (C=O) groups excluding carboxylic acids is 1. The van der Waals surface area contributed by atoms with Crippen LogP contribution < -0.4 is 0 Å². The lowest BCUT2D eigenvalue weighted by Gasteiger charge is -2.20. The van der Waals surface area contributed by atoms with Gasteiger partial charge in [0, 0.05) is 16.7 Å². The van der Waals surface area contributed by atoms with Gasteiger partial charge in [-0.15, -0.1) is 0 Å². The molecule has 20 heavy (non-hydrogen) atoms. The third-order valence-corrected chi connectivity index (χ3v) is 3.86. The summed E-state index contributed by atoms with van der Waals surface area (Å²) in [5.41, 5.74) is 2.26. The lowest BCUT2D eigenvalue weighted by Crippen LogP contribution is -2.35. The van der Waals surface area contributed by atoms with E-state index in [0.717, 1.165) is 5.56 Å². The van der Waals surface area contributed by atoms with Crippen molar-refractivity contribution in [2.45, 2.75) is 5.79 Å². The maximum absolute atomic E-state index is 12.5. The van der Waals surface area contributed by atoms with Gasteiger partial charge in [-0.2, -0.15) is 0 Å². The lowest BCUT2D eigenvalue weighted by molar-refractivity contribution is -0.204. The van der Waals surface area contributed by atoms with Crippen LogP contribution in [0.1, 0.15) is 21.5 Å². The molecule has 0 amide bonds. The topological polar surface area (TPSA) is 58.9 Å². The summed E-state index contributed by atoms with van der Waals surface area (Å²) in [6.45, 7) is 0. The molecule has 2 aromatic carbocycles. The van der Waals surface area contributed by atoms with Gasteiger partial charge in [-0.3, -0.25) is 4.79 Å². The molecule has 0 unspecified atom stereocenters. The summed E-state index contributed by atoms with van der Waals surface area (Å²) < 4.78 is 0. The number of hydrogen-bond acceptors (Lipinski definition) is 4. The molecule has 4 nitrogen and oxygen atoms in total. The molecule has 0 saturated heterocycles. The second kappa shape index (κ2) is 3.77. The predicted molar refractivity (Wildman–Crippen MR) is 72.2 cm³/mol. The van der Waals surface area contributed by atoms with Crippen LogP contribution in [0.3, 0.4) is 0 Å². The molecule has 1 aliphatic heterocycles. The second-order valence-corrected chi connectivity index (χ2v) is 4.97. The molecule has 4 heteroatoms. The number of benzene rings is 2. The second-order valence-electron chi connectivity index (χ2n) is 4.97. The fraction of sp³-hybridized carbons (Fsp3) is 0.125. The van der Waals surface area contributed by atoms with E-state index in [9.17, 15) is 9.90 Å². The Hall–Kier alpha value is -2.46. The van der Waals surface area contributed by atoms with Crippen LogP contribution in [0.2, 0.25) is 0 Å². The van der Waals surface area contributed by atoms with Gasteiger partial charge in [0.2, 0.25) is 0 Å². The number of ketones is 1. The number of fused-ring (bicyclic) bond motifs is 3. The van der Waals surface area contributed by atoms with Crippen LogP contribution in [0, 0.1) is 5.92 Å². The van der Waals surface area contributed by atoms with E-state index in [1.165, 1.54) is 0 Å². The van der Waals surface area contributed by atoms with Crippen molar-refractivity contribution in [3.05, 3.63) is 71.3 Å². The first-order valence-electron chi connectivity index (χ1n) is 6.39. The summed E-state index contributed by atoms with van der Waals surface area (Å²) in [5, 5.41) is 14.7. The van der Waals surface area contributed by atoms with Crippen molar-refractivity contribution in [1.82, 2.24) is 0 Å². The number of hydrogen-bond donors (Lipinski definition) is 1. The quantitative estimate of drug-likeness (QED) is 0.858. The normalized spacial score (nSPS) is 26.8. The van der Waals surface area contributed by atoms with Crippen molar-refractivity contribution >= 4 is 11.5 Å². The van der Waals surface area contributed by atoms with Crippen molar-refractivity contribution in [1.29, 1.82) is 0 Å². The molecule has 98 valence electrons. The molecule has 0 saturated carbocycles. The Kier molecular flexibility index (Phi) is 2.15. The first kappa shape index (κ1) is 11.4. The predicted octanol–water partition coefficient (Wildman–Crippen LogP) is 2.08. The zero-order valence-electron chi connectivity index (χ0n) is 10.5. The summed E-state index contributed by atoms with van der Waals surface area (Å²) in [6.07, 6.45) is 0. The van der Waals surface area contributed by atoms with Crippen LogP contribution >= 0.6 is 0 Å². The van der Waals surface area contributed by atoms with Gasteiger partial charge in [0.25, 0.3) is 5.79 Å². The number of aliphatic hydroxyl groups is 1. The maximum Gasteiger partial charge on any atom is 0.277 e. The highest BCUT2D eigenvalue weighted by atomic mass is 16.7. The van der Waals surface area contributed by atoms with Crippen molar-refractivity contribution in [3.63, 3.8) is 0 Å². The molecule has 0 spiro atoms. The Morgan fingerprint density at radius 1 is 1.05 bits per heavy atom. The SMILES string of the molecule is O=C1c2ccccc2[C@@]2(O)ON=C(c3ccccc3)[C@@H]12. The lowest BCUT2D eigenvalue weighted by atomic mass is 9.90. The van der Waals surface area contributed by atoms with E-state index in [0.29, 0.717) is 16.8 Å². The zero-order chi connectivity index (χ0) is 13.7. The molecule has 1 aliphatic carbocycles. The third kappa shape index (κ3) is 1.29. The van der Waals surface area contributed by atoms with E-state index < -0.39 is 11.7 Å². The van der Waals surface area contributed by atoms with Crippen molar-refractivity contribution in [3.8, 4) is 0 Å². The smallest absolute Gasteiger partial charge is 0.277 e. The molecule has 0 bridgehead atoms. The Bertz CT molecular complexity index is 738. The van der Waals surface area contributed by atoms with Crippen LogP contribution in [0.5, 0.6) is 0 Å². The largest absolute Gasteiger partial charge is 0.354 e. The van der Waals surface area contributed by atoms with Crippen molar-refractivity contribution in [2.24, 2.45) is 11.1 Å². The Morgan fingerprint density at radius 3 is 2.55 bits per heavy atom. The van der Waals surface area contributed by atoms with Gasteiger partial charge < -0.3 is 9.94 Å². The fourth-order valence-corrected chi connectivity index (χ4v) is 2.91. The first-order chi connectivity index (χ1) is 9.72. The molecular formula is C16H11NO3. The molecule has 0 radical (unpaired) electrons. The van der Waals surface area contributed by atoms with E-state index in [1.807, 2.05) is 30.3 Å². The van der Waals surface area contributed by atoms with E-state index in [2.05, 4.69) is 5.16 Å². The standard InChI is InChI=1S/C16H11NO3/c18-15-11-8-4-5-9-12(11)16(19)13(15)14(17-20-16)10-6-2-1-3-7-10/h1-9,13,19H/t13-,16+/m0/s1. The minimum Gasteiger partial charge on any atom is -0.354 e. The highest BCUT2D eigenvalue weighted by molar-refractivity contribution is 6.22. The Balaban J connectivity index is 1.87. The van der Waals surface area contributed by atoms with Crippen LogP contribution in [-0.2, 0) is 10.6 Å². The van der Waals surface area contributed by atoms with E-state index in [1.54, 1.807) is 24.3 Å². The fourth-order valence-electron chi connectivity index (χ4n) is 2.91. The minimum atomic E-state index is -1.67. The summed E-state index contributed by atoms with van der Waals surface area (Å²) >= 11 is 0. The number of Topliss-reactive ketones (excluding diaryl/α,β-unsaturated/α-hetero) is 1. The van der Waals surface area contributed by atoms with E-state index >= 15 is 0 Å². The number of oxime groups is 1. The van der Waals surface area contributed by atoms with Crippen LogP contribution in [0.4, 0.5) is 0 Å². The van der Waals surface area contributed by atoms with Gasteiger partial charge in [0.05, 0.1) is 0 Å². The highest BCUT2D eigenvalue weighted by Crippen LogP contribution is 2.47. The van der Waals surface area contributed by atoms with E-state index in [-0.39, 0.29) is 5.78 Å². The molecule has 0 aromatic heterocycles. The van der Waals surface area contributed by atoms with Crippen LogP contribution in [-0.4, -0.2) is 16.6 Å². The average Bonchev–Trinajstić information content (AvgIpc) is 2.95. The van der Waals surface area contributed by atoms with Gasteiger partial charge in [-0.25, -0.2) is 0 Å².